The van der Waals surface area contributed by atoms with Crippen molar-refractivity contribution in [1.82, 2.24) is 15.1 Å². The molecule has 0 aromatic rings. The quantitative estimate of drug-likeness (QED) is 0.737. The second-order valence-electron chi connectivity index (χ2n) is 10.6. The molecule has 1 aliphatic carbocycles. The summed E-state index contributed by atoms with van der Waals surface area (Å²) in [4.78, 5) is 29.7. The van der Waals surface area contributed by atoms with E-state index < -0.39 is 5.60 Å². The molecule has 2 aliphatic heterocycles. The zero-order chi connectivity index (χ0) is 21.6. The lowest BCUT2D eigenvalue weighted by atomic mass is 9.95. The molecule has 3 atom stereocenters. The topological polar surface area (TPSA) is 61.9 Å². The van der Waals surface area contributed by atoms with E-state index in [-0.39, 0.29) is 24.0 Å². The van der Waals surface area contributed by atoms with Gasteiger partial charge >= 0.3 is 6.09 Å². The van der Waals surface area contributed by atoms with Gasteiger partial charge in [0.15, 0.2) is 0 Å². The van der Waals surface area contributed by atoms with Gasteiger partial charge < -0.3 is 19.9 Å². The third-order valence-corrected chi connectivity index (χ3v) is 6.89. The van der Waals surface area contributed by atoms with Gasteiger partial charge in [0.1, 0.15) is 5.60 Å². The minimum Gasteiger partial charge on any atom is -0.444 e. The summed E-state index contributed by atoms with van der Waals surface area (Å²) in [5.74, 6) is 0.322. The van der Waals surface area contributed by atoms with Crippen LogP contribution in [0.5, 0.6) is 0 Å². The number of nitrogens with one attached hydrogen (secondary N) is 1. The molecule has 172 valence electrons. The molecule has 30 heavy (non-hydrogen) atoms. The Morgan fingerprint density at radius 1 is 0.833 bits per heavy atom. The van der Waals surface area contributed by atoms with Crippen LogP contribution in [0.1, 0.15) is 91.4 Å². The SMILES string of the molecule is CC(C)(C)OC(=O)N1CC[C@@H](NC(=O)C2CCCCC(N3CCCCC3)CCC2)C1. The fourth-order valence-electron chi connectivity index (χ4n) is 5.26. The monoisotopic (exact) mass is 421 g/mol. The zero-order valence-electron chi connectivity index (χ0n) is 19.5. The van der Waals surface area contributed by atoms with Crippen LogP contribution in [0.25, 0.3) is 0 Å². The minimum atomic E-state index is -0.484. The molecule has 0 radical (unpaired) electrons. The van der Waals surface area contributed by atoms with Crippen LogP contribution in [-0.2, 0) is 9.53 Å². The molecule has 2 saturated heterocycles. The molecular formula is C24H43N3O3. The smallest absolute Gasteiger partial charge is 0.410 e. The van der Waals surface area contributed by atoms with E-state index in [0.717, 1.165) is 38.1 Å². The van der Waals surface area contributed by atoms with Crippen molar-refractivity contribution in [3.8, 4) is 0 Å². The Morgan fingerprint density at radius 3 is 2.23 bits per heavy atom. The number of ether oxygens (including phenoxy) is 1. The van der Waals surface area contributed by atoms with Gasteiger partial charge in [-0.1, -0.05) is 25.7 Å². The normalized spacial score (nSPS) is 29.6. The van der Waals surface area contributed by atoms with Crippen LogP contribution in [0.4, 0.5) is 4.79 Å². The Bertz CT molecular complexity index is 569. The molecule has 0 aromatic heterocycles. The molecule has 0 bridgehead atoms. The summed E-state index contributed by atoms with van der Waals surface area (Å²) in [5.41, 5.74) is -0.484. The van der Waals surface area contributed by atoms with Crippen LogP contribution in [0, 0.1) is 5.92 Å². The van der Waals surface area contributed by atoms with Gasteiger partial charge in [-0.3, -0.25) is 4.79 Å². The lowest BCUT2D eigenvalue weighted by molar-refractivity contribution is -0.126. The van der Waals surface area contributed by atoms with Gasteiger partial charge in [0.25, 0.3) is 0 Å². The van der Waals surface area contributed by atoms with Crippen LogP contribution >= 0.6 is 0 Å². The highest BCUT2D eigenvalue weighted by molar-refractivity contribution is 5.79. The highest BCUT2D eigenvalue weighted by atomic mass is 16.6. The van der Waals surface area contributed by atoms with Crippen molar-refractivity contribution in [2.75, 3.05) is 26.2 Å². The summed E-state index contributed by atoms with van der Waals surface area (Å²) >= 11 is 0. The molecular weight excluding hydrogens is 378 g/mol. The molecule has 3 rings (SSSR count). The van der Waals surface area contributed by atoms with E-state index in [1.54, 1.807) is 4.90 Å². The summed E-state index contributed by atoms with van der Waals surface area (Å²) in [6.07, 6.45) is 12.7. The first-order valence-corrected chi connectivity index (χ1v) is 12.3. The van der Waals surface area contributed by atoms with Gasteiger partial charge in [-0.05, 0) is 78.8 Å². The highest BCUT2D eigenvalue weighted by Gasteiger charge is 2.32. The molecule has 1 N–H and O–H groups in total. The Hall–Kier alpha value is -1.30. The molecule has 2 unspecified atom stereocenters. The molecule has 6 heteroatoms. The maximum Gasteiger partial charge on any atom is 0.410 e. The van der Waals surface area contributed by atoms with Gasteiger partial charge in [0, 0.05) is 31.1 Å². The van der Waals surface area contributed by atoms with Crippen LogP contribution in [-0.4, -0.2) is 65.7 Å². The first-order chi connectivity index (χ1) is 14.3. The van der Waals surface area contributed by atoms with E-state index in [2.05, 4.69) is 10.2 Å². The Balaban J connectivity index is 1.43. The predicted octanol–water partition coefficient (Wildman–Crippen LogP) is 4.33. The summed E-state index contributed by atoms with van der Waals surface area (Å²) in [5, 5.41) is 3.24. The average molecular weight is 422 g/mol. The van der Waals surface area contributed by atoms with Crippen molar-refractivity contribution in [2.24, 2.45) is 5.92 Å². The van der Waals surface area contributed by atoms with Crippen molar-refractivity contribution in [3.63, 3.8) is 0 Å². The standard InChI is InChI=1S/C24H43N3O3/c1-24(2,3)30-23(29)27-17-14-20(18-27)25-22(28)19-10-5-6-12-21(13-9-11-19)26-15-7-4-8-16-26/h19-21H,4-18H2,1-3H3,(H,25,28)/t19?,20-,21?/m1/s1. The summed E-state index contributed by atoms with van der Waals surface area (Å²) in [6.45, 7) is 9.40. The van der Waals surface area contributed by atoms with E-state index in [0.29, 0.717) is 13.1 Å². The summed E-state index contributed by atoms with van der Waals surface area (Å²) in [7, 11) is 0. The number of amides is 2. The van der Waals surface area contributed by atoms with Crippen molar-refractivity contribution in [3.05, 3.63) is 0 Å². The molecule has 6 nitrogen and oxygen atoms in total. The predicted molar refractivity (Wildman–Crippen MR) is 119 cm³/mol. The summed E-state index contributed by atoms with van der Waals surface area (Å²) < 4.78 is 5.47. The fourth-order valence-corrected chi connectivity index (χ4v) is 5.26. The Morgan fingerprint density at radius 2 is 1.50 bits per heavy atom. The van der Waals surface area contributed by atoms with Gasteiger partial charge in [0.2, 0.25) is 5.91 Å². The number of carbonyl (C=O) groups excluding carboxylic acids is 2. The first-order valence-electron chi connectivity index (χ1n) is 12.3. The number of hydrogen-bond donors (Lipinski definition) is 1. The van der Waals surface area contributed by atoms with Crippen molar-refractivity contribution in [2.45, 2.75) is 109 Å². The molecule has 3 aliphatic rings. The van der Waals surface area contributed by atoms with Crippen LogP contribution in [0.15, 0.2) is 0 Å². The lowest BCUT2D eigenvalue weighted by Gasteiger charge is -2.34. The number of nitrogens with zero attached hydrogens (tertiary/aromatic N) is 2. The molecule has 2 amide bonds. The molecule has 3 fully saturated rings. The molecule has 2 heterocycles. The number of likely N-dealkylation sites (tertiary alicyclic amines) is 2. The lowest BCUT2D eigenvalue weighted by Crippen LogP contribution is -2.42. The maximum absolute atomic E-state index is 13.0. The van der Waals surface area contributed by atoms with E-state index in [4.69, 9.17) is 4.74 Å². The first kappa shape index (κ1) is 23.4. The largest absolute Gasteiger partial charge is 0.444 e. The van der Waals surface area contributed by atoms with Gasteiger partial charge in [-0.25, -0.2) is 4.79 Å². The average Bonchev–Trinajstić information content (AvgIpc) is 3.19. The number of hydrogen-bond acceptors (Lipinski definition) is 4. The second kappa shape index (κ2) is 10.8. The van der Waals surface area contributed by atoms with Gasteiger partial charge in [0.05, 0.1) is 0 Å². The number of rotatable bonds is 3. The minimum absolute atomic E-state index is 0.0544. The van der Waals surface area contributed by atoms with Crippen LogP contribution < -0.4 is 5.32 Å². The molecule has 0 aromatic carbocycles. The van der Waals surface area contributed by atoms with E-state index >= 15 is 0 Å². The summed E-state index contributed by atoms with van der Waals surface area (Å²) in [6, 6.07) is 0.781. The Labute approximate surface area is 183 Å². The Kier molecular flexibility index (Phi) is 8.44. The number of carbonyl (C=O) groups is 2. The molecule has 1 saturated carbocycles. The highest BCUT2D eigenvalue weighted by Crippen LogP contribution is 2.27. The fraction of sp³-hybridized carbons (Fsp3) is 0.917. The second-order valence-corrected chi connectivity index (χ2v) is 10.6. The van der Waals surface area contributed by atoms with E-state index in [1.807, 2.05) is 20.8 Å². The zero-order valence-corrected chi connectivity index (χ0v) is 19.5. The van der Waals surface area contributed by atoms with E-state index in [9.17, 15) is 9.59 Å². The maximum atomic E-state index is 13.0. The van der Waals surface area contributed by atoms with Crippen LogP contribution in [0.3, 0.4) is 0 Å². The van der Waals surface area contributed by atoms with Crippen molar-refractivity contribution < 1.29 is 14.3 Å². The third-order valence-electron chi connectivity index (χ3n) is 6.89. The van der Waals surface area contributed by atoms with Crippen molar-refractivity contribution in [1.29, 1.82) is 0 Å². The number of piperidine rings is 1. The van der Waals surface area contributed by atoms with Crippen LogP contribution in [0.2, 0.25) is 0 Å². The van der Waals surface area contributed by atoms with Gasteiger partial charge in [-0.15, -0.1) is 0 Å². The molecule has 0 spiro atoms. The van der Waals surface area contributed by atoms with Gasteiger partial charge in [-0.2, -0.15) is 0 Å². The van der Waals surface area contributed by atoms with Crippen molar-refractivity contribution >= 4 is 12.0 Å². The third kappa shape index (κ3) is 7.14. The van der Waals surface area contributed by atoms with E-state index in [1.165, 1.54) is 51.6 Å².